The maximum Gasteiger partial charge on any atom is 0.246 e. The number of carbonyl (C=O) groups is 1. The fourth-order valence-electron chi connectivity index (χ4n) is 3.56. The van der Waals surface area contributed by atoms with Crippen LogP contribution in [0.2, 0.25) is 0 Å². The van der Waals surface area contributed by atoms with Crippen molar-refractivity contribution in [2.75, 3.05) is 45.9 Å². The molecule has 0 unspecified atom stereocenters. The predicted molar refractivity (Wildman–Crippen MR) is 96.6 cm³/mol. The normalized spacial score (nSPS) is 20.7. The number of nitrogens with zero attached hydrogens (tertiary/aromatic N) is 2. The van der Waals surface area contributed by atoms with Gasteiger partial charge < -0.3 is 9.64 Å². The van der Waals surface area contributed by atoms with Crippen LogP contribution in [0, 0.1) is 11.7 Å². The van der Waals surface area contributed by atoms with Crippen molar-refractivity contribution >= 4 is 11.5 Å². The Hall–Kier alpha value is -1.72. The molecule has 5 heteroatoms. The van der Waals surface area contributed by atoms with Gasteiger partial charge in [-0.15, -0.1) is 0 Å². The van der Waals surface area contributed by atoms with E-state index < -0.39 is 0 Å². The smallest absolute Gasteiger partial charge is 0.246 e. The van der Waals surface area contributed by atoms with Gasteiger partial charge >= 0.3 is 0 Å². The number of ether oxygens (including phenoxy) is 1. The van der Waals surface area contributed by atoms with Gasteiger partial charge in [0, 0.05) is 38.8 Å². The van der Waals surface area contributed by atoms with Gasteiger partial charge in [0.15, 0.2) is 0 Å². The number of rotatable bonds is 4. The molecule has 4 nitrogen and oxygen atoms in total. The van der Waals surface area contributed by atoms with E-state index in [1.54, 1.807) is 18.2 Å². The zero-order valence-corrected chi connectivity index (χ0v) is 14.9. The minimum Gasteiger partial charge on any atom is -0.379 e. The minimum atomic E-state index is -0.259. The molecule has 0 aliphatic carbocycles. The Morgan fingerprint density at radius 1 is 1.16 bits per heavy atom. The highest BCUT2D eigenvalue weighted by Crippen LogP contribution is 2.21. The third kappa shape index (κ3) is 5.13. The van der Waals surface area contributed by atoms with Crippen LogP contribution in [0.15, 0.2) is 30.3 Å². The molecule has 136 valence electrons. The van der Waals surface area contributed by atoms with Gasteiger partial charge in [-0.2, -0.15) is 0 Å². The number of halogens is 1. The van der Waals surface area contributed by atoms with Crippen LogP contribution in [-0.4, -0.2) is 61.6 Å². The van der Waals surface area contributed by atoms with E-state index in [2.05, 4.69) is 4.90 Å². The zero-order chi connectivity index (χ0) is 17.6. The molecule has 2 heterocycles. The fraction of sp³-hybridized carbons (Fsp3) is 0.550. The molecule has 0 bridgehead atoms. The van der Waals surface area contributed by atoms with Crippen LogP contribution in [0.5, 0.6) is 0 Å². The zero-order valence-electron chi connectivity index (χ0n) is 14.9. The average Bonchev–Trinajstić information content (AvgIpc) is 2.63. The summed E-state index contributed by atoms with van der Waals surface area (Å²) < 4.78 is 18.4. The van der Waals surface area contributed by atoms with Crippen molar-refractivity contribution in [3.8, 4) is 0 Å². The minimum absolute atomic E-state index is 0.0617. The van der Waals surface area contributed by atoms with E-state index >= 15 is 0 Å². The number of hydrogen-bond donors (Lipinski definition) is 0. The molecule has 0 aromatic heterocycles. The van der Waals surface area contributed by atoms with Gasteiger partial charge in [0.2, 0.25) is 5.91 Å². The van der Waals surface area contributed by atoms with E-state index in [9.17, 15) is 9.18 Å². The van der Waals surface area contributed by atoms with E-state index in [0.717, 1.165) is 69.9 Å². The lowest BCUT2D eigenvalue weighted by molar-refractivity contribution is -0.127. The van der Waals surface area contributed by atoms with Crippen LogP contribution in [-0.2, 0) is 9.53 Å². The lowest BCUT2D eigenvalue weighted by Gasteiger charge is -2.35. The highest BCUT2D eigenvalue weighted by Gasteiger charge is 2.24. The fourth-order valence-corrected chi connectivity index (χ4v) is 3.56. The Bertz CT molecular complexity index is 601. The first-order chi connectivity index (χ1) is 12.1. The topological polar surface area (TPSA) is 32.8 Å². The second kappa shape index (κ2) is 8.59. The van der Waals surface area contributed by atoms with E-state index in [1.807, 2.05) is 11.8 Å². The Morgan fingerprint density at radius 2 is 1.80 bits per heavy atom. The second-order valence-corrected chi connectivity index (χ2v) is 7.02. The molecule has 3 rings (SSSR count). The first-order valence-corrected chi connectivity index (χ1v) is 9.15. The van der Waals surface area contributed by atoms with Gasteiger partial charge in [-0.05, 0) is 49.0 Å². The Labute approximate surface area is 149 Å². The van der Waals surface area contributed by atoms with Gasteiger partial charge in [0.05, 0.1) is 13.2 Å². The van der Waals surface area contributed by atoms with E-state index in [0.29, 0.717) is 5.92 Å². The first-order valence-electron chi connectivity index (χ1n) is 9.15. The molecular formula is C20H27FN2O2. The number of morpholine rings is 1. The number of piperidine rings is 1. The van der Waals surface area contributed by atoms with Gasteiger partial charge in [-0.3, -0.25) is 9.69 Å². The van der Waals surface area contributed by atoms with Crippen LogP contribution in [0.25, 0.3) is 5.57 Å². The molecule has 0 N–H and O–H groups in total. The van der Waals surface area contributed by atoms with Crippen molar-refractivity contribution in [2.45, 2.75) is 19.8 Å². The number of benzene rings is 1. The maximum absolute atomic E-state index is 13.0. The molecule has 2 aliphatic heterocycles. The van der Waals surface area contributed by atoms with Crippen LogP contribution >= 0.6 is 0 Å². The van der Waals surface area contributed by atoms with Crippen molar-refractivity contribution in [1.29, 1.82) is 0 Å². The predicted octanol–water partition coefficient (Wildman–Crippen LogP) is 2.80. The molecule has 0 saturated carbocycles. The van der Waals surface area contributed by atoms with Crippen molar-refractivity contribution in [3.63, 3.8) is 0 Å². The summed E-state index contributed by atoms with van der Waals surface area (Å²) in [5.74, 6) is 0.473. The standard InChI is InChI=1S/C20H27FN2O2/c1-16(18-2-4-19(21)5-3-18)14-20(24)23-8-6-17(7-9-23)15-22-10-12-25-13-11-22/h2-5,14,17H,6-13,15H2,1H3/b16-14+. The van der Waals surface area contributed by atoms with Gasteiger partial charge in [0.25, 0.3) is 0 Å². The quantitative estimate of drug-likeness (QED) is 0.786. The van der Waals surface area contributed by atoms with Gasteiger partial charge in [-0.25, -0.2) is 4.39 Å². The first kappa shape index (κ1) is 18.1. The molecule has 1 aromatic rings. The number of allylic oxidation sites excluding steroid dienone is 1. The average molecular weight is 346 g/mol. The number of hydrogen-bond acceptors (Lipinski definition) is 3. The molecule has 0 spiro atoms. The summed E-state index contributed by atoms with van der Waals surface area (Å²) in [7, 11) is 0. The summed E-state index contributed by atoms with van der Waals surface area (Å²) >= 11 is 0. The number of amides is 1. The maximum atomic E-state index is 13.0. The summed E-state index contributed by atoms with van der Waals surface area (Å²) in [6, 6.07) is 6.27. The van der Waals surface area contributed by atoms with Crippen molar-refractivity contribution in [1.82, 2.24) is 9.80 Å². The number of carbonyl (C=O) groups excluding carboxylic acids is 1. The SMILES string of the molecule is C/C(=C\C(=O)N1CCC(CN2CCOCC2)CC1)c1ccc(F)cc1. The Balaban J connectivity index is 1.49. The summed E-state index contributed by atoms with van der Waals surface area (Å²) in [5.41, 5.74) is 1.76. The third-order valence-electron chi connectivity index (χ3n) is 5.19. The van der Waals surface area contributed by atoms with Gasteiger partial charge in [-0.1, -0.05) is 12.1 Å². The second-order valence-electron chi connectivity index (χ2n) is 7.02. The van der Waals surface area contributed by atoms with Crippen LogP contribution in [0.1, 0.15) is 25.3 Å². The molecule has 1 amide bonds. The third-order valence-corrected chi connectivity index (χ3v) is 5.19. The van der Waals surface area contributed by atoms with E-state index in [4.69, 9.17) is 4.74 Å². The molecule has 0 atom stereocenters. The molecular weight excluding hydrogens is 319 g/mol. The summed E-state index contributed by atoms with van der Waals surface area (Å²) in [6.45, 7) is 8.39. The lowest BCUT2D eigenvalue weighted by atomic mass is 9.95. The lowest BCUT2D eigenvalue weighted by Crippen LogP contribution is -2.44. The monoisotopic (exact) mass is 346 g/mol. The molecule has 25 heavy (non-hydrogen) atoms. The van der Waals surface area contributed by atoms with Gasteiger partial charge in [0.1, 0.15) is 5.82 Å². The van der Waals surface area contributed by atoms with Crippen LogP contribution in [0.4, 0.5) is 4.39 Å². The molecule has 2 fully saturated rings. The summed E-state index contributed by atoms with van der Waals surface area (Å²) in [6.07, 6.45) is 3.80. The molecule has 2 saturated heterocycles. The van der Waals surface area contributed by atoms with E-state index in [1.165, 1.54) is 12.1 Å². The highest BCUT2D eigenvalue weighted by atomic mass is 19.1. The van der Waals surface area contributed by atoms with Crippen molar-refractivity contribution in [2.24, 2.45) is 5.92 Å². The molecule has 1 aromatic carbocycles. The number of likely N-dealkylation sites (tertiary alicyclic amines) is 1. The summed E-state index contributed by atoms with van der Waals surface area (Å²) in [5, 5.41) is 0. The van der Waals surface area contributed by atoms with Crippen LogP contribution in [0.3, 0.4) is 0 Å². The van der Waals surface area contributed by atoms with Crippen LogP contribution < -0.4 is 0 Å². The van der Waals surface area contributed by atoms with E-state index in [-0.39, 0.29) is 11.7 Å². The Morgan fingerprint density at radius 3 is 2.44 bits per heavy atom. The highest BCUT2D eigenvalue weighted by molar-refractivity contribution is 5.94. The Kier molecular flexibility index (Phi) is 6.21. The summed E-state index contributed by atoms with van der Waals surface area (Å²) in [4.78, 5) is 16.9. The molecule has 2 aliphatic rings. The van der Waals surface area contributed by atoms with Crippen molar-refractivity contribution < 1.29 is 13.9 Å². The molecule has 0 radical (unpaired) electrons. The van der Waals surface area contributed by atoms with Crippen molar-refractivity contribution in [3.05, 3.63) is 41.7 Å². The largest absolute Gasteiger partial charge is 0.379 e.